The molecule has 1 atom stereocenters. The minimum absolute atomic E-state index is 0.272. The van der Waals surface area contributed by atoms with E-state index >= 15 is 0 Å². The largest absolute Gasteiger partial charge is 0.342 e. The Kier molecular flexibility index (Phi) is 5.56. The Morgan fingerprint density at radius 2 is 1.79 bits per heavy atom. The lowest BCUT2D eigenvalue weighted by molar-refractivity contribution is -0.130. The first kappa shape index (κ1) is 17.4. The number of hydrogen-bond acceptors (Lipinski definition) is 3. The average Bonchev–Trinajstić information content (AvgIpc) is 3.40. The van der Waals surface area contributed by atoms with Crippen molar-refractivity contribution in [2.75, 3.05) is 19.6 Å². The standard InChI is InChI=1S/C18H26N2O3S/c21-18-9-8-15(11-13-20(18)14-16-6-7-16)10-12-19-24(22,23)17-4-2-1-3-5-17/h1-5,15-16,19H,6-14H2/t15-/m1/s1. The van der Waals surface area contributed by atoms with Crippen LogP contribution in [0.15, 0.2) is 35.2 Å². The number of hydrogen-bond donors (Lipinski definition) is 1. The van der Waals surface area contributed by atoms with Crippen LogP contribution in [0.1, 0.15) is 38.5 Å². The Morgan fingerprint density at radius 3 is 2.50 bits per heavy atom. The van der Waals surface area contributed by atoms with Crippen molar-refractivity contribution in [3.8, 4) is 0 Å². The Bertz CT molecular complexity index is 656. The molecule has 0 aromatic heterocycles. The van der Waals surface area contributed by atoms with Gasteiger partial charge in [0.25, 0.3) is 0 Å². The van der Waals surface area contributed by atoms with Gasteiger partial charge in [0.05, 0.1) is 4.90 Å². The highest BCUT2D eigenvalue weighted by molar-refractivity contribution is 7.89. The number of benzene rings is 1. The Hall–Kier alpha value is -1.40. The fourth-order valence-corrected chi connectivity index (χ4v) is 4.34. The summed E-state index contributed by atoms with van der Waals surface area (Å²) in [6.07, 6.45) is 5.75. The lowest BCUT2D eigenvalue weighted by atomic mass is 9.97. The lowest BCUT2D eigenvalue weighted by Gasteiger charge is -2.20. The quantitative estimate of drug-likeness (QED) is 0.821. The van der Waals surface area contributed by atoms with E-state index in [0.29, 0.717) is 23.8 Å². The molecule has 0 bridgehead atoms. The van der Waals surface area contributed by atoms with Crippen LogP contribution in [0, 0.1) is 11.8 Å². The molecule has 1 aromatic rings. The zero-order valence-corrected chi connectivity index (χ0v) is 14.8. The molecule has 0 radical (unpaired) electrons. The first-order chi connectivity index (χ1) is 11.5. The summed E-state index contributed by atoms with van der Waals surface area (Å²) < 4.78 is 27.1. The molecule has 3 rings (SSSR count). The Balaban J connectivity index is 1.45. The van der Waals surface area contributed by atoms with Crippen molar-refractivity contribution in [1.29, 1.82) is 0 Å². The van der Waals surface area contributed by atoms with Crippen LogP contribution in [0.25, 0.3) is 0 Å². The Morgan fingerprint density at radius 1 is 1.04 bits per heavy atom. The number of sulfonamides is 1. The molecule has 1 saturated heterocycles. The number of carbonyl (C=O) groups is 1. The highest BCUT2D eigenvalue weighted by Gasteiger charge is 2.29. The van der Waals surface area contributed by atoms with E-state index < -0.39 is 10.0 Å². The molecule has 1 aromatic carbocycles. The van der Waals surface area contributed by atoms with Crippen LogP contribution in [-0.4, -0.2) is 38.9 Å². The molecule has 132 valence electrons. The maximum Gasteiger partial charge on any atom is 0.240 e. The van der Waals surface area contributed by atoms with Crippen molar-refractivity contribution in [2.45, 2.75) is 43.4 Å². The van der Waals surface area contributed by atoms with E-state index in [9.17, 15) is 13.2 Å². The normalized spacial score (nSPS) is 22.4. The zero-order valence-electron chi connectivity index (χ0n) is 14.0. The molecule has 1 aliphatic heterocycles. The fourth-order valence-electron chi connectivity index (χ4n) is 3.27. The molecule has 0 unspecified atom stereocenters. The van der Waals surface area contributed by atoms with Gasteiger partial charge in [-0.2, -0.15) is 0 Å². The molecule has 1 N–H and O–H groups in total. The fraction of sp³-hybridized carbons (Fsp3) is 0.611. The predicted octanol–water partition coefficient (Wildman–Crippen LogP) is 2.39. The first-order valence-corrected chi connectivity index (χ1v) is 10.4. The van der Waals surface area contributed by atoms with Gasteiger partial charge in [-0.15, -0.1) is 0 Å². The zero-order chi connectivity index (χ0) is 17.0. The van der Waals surface area contributed by atoms with Crippen LogP contribution in [-0.2, 0) is 14.8 Å². The number of amides is 1. The van der Waals surface area contributed by atoms with Crippen LogP contribution in [0.5, 0.6) is 0 Å². The van der Waals surface area contributed by atoms with Gasteiger partial charge in [-0.25, -0.2) is 13.1 Å². The molecule has 1 heterocycles. The highest BCUT2D eigenvalue weighted by Crippen LogP contribution is 2.31. The summed E-state index contributed by atoms with van der Waals surface area (Å²) in [6.45, 7) is 2.18. The van der Waals surface area contributed by atoms with E-state index in [-0.39, 0.29) is 5.91 Å². The minimum atomic E-state index is -3.43. The van der Waals surface area contributed by atoms with Gasteiger partial charge >= 0.3 is 0 Å². The number of likely N-dealkylation sites (tertiary alicyclic amines) is 1. The lowest BCUT2D eigenvalue weighted by Crippen LogP contribution is -2.32. The average molecular weight is 350 g/mol. The molecule has 2 fully saturated rings. The van der Waals surface area contributed by atoms with E-state index in [0.717, 1.165) is 38.3 Å². The predicted molar refractivity (Wildman–Crippen MR) is 92.9 cm³/mol. The van der Waals surface area contributed by atoms with E-state index in [1.807, 2.05) is 4.90 Å². The molecule has 1 saturated carbocycles. The minimum Gasteiger partial charge on any atom is -0.342 e. The van der Waals surface area contributed by atoms with Gasteiger partial charge < -0.3 is 4.90 Å². The summed E-state index contributed by atoms with van der Waals surface area (Å²) >= 11 is 0. The smallest absolute Gasteiger partial charge is 0.240 e. The van der Waals surface area contributed by atoms with Crippen molar-refractivity contribution in [3.05, 3.63) is 30.3 Å². The summed E-state index contributed by atoms with van der Waals surface area (Å²) in [5, 5.41) is 0. The van der Waals surface area contributed by atoms with Crippen molar-refractivity contribution < 1.29 is 13.2 Å². The SMILES string of the molecule is O=C1CC[C@H](CCNS(=O)(=O)c2ccccc2)CCN1CC1CC1. The summed E-state index contributed by atoms with van der Waals surface area (Å²) in [4.78, 5) is 14.5. The highest BCUT2D eigenvalue weighted by atomic mass is 32.2. The molecule has 0 spiro atoms. The summed E-state index contributed by atoms with van der Waals surface area (Å²) in [5.74, 6) is 1.41. The van der Waals surface area contributed by atoms with Gasteiger partial charge in [-0.1, -0.05) is 18.2 Å². The number of nitrogens with zero attached hydrogens (tertiary/aromatic N) is 1. The van der Waals surface area contributed by atoms with Gasteiger partial charge in [0.1, 0.15) is 0 Å². The topological polar surface area (TPSA) is 66.5 Å². The van der Waals surface area contributed by atoms with Crippen LogP contribution < -0.4 is 4.72 Å². The molecule has 6 heteroatoms. The molecule has 24 heavy (non-hydrogen) atoms. The monoisotopic (exact) mass is 350 g/mol. The molecule has 1 amide bonds. The van der Waals surface area contributed by atoms with Crippen LogP contribution in [0.3, 0.4) is 0 Å². The maximum absolute atomic E-state index is 12.2. The van der Waals surface area contributed by atoms with Gasteiger partial charge in [0.2, 0.25) is 15.9 Å². The Labute approximate surface area is 144 Å². The second-order valence-electron chi connectivity index (χ2n) is 6.98. The number of nitrogens with one attached hydrogen (secondary N) is 1. The van der Waals surface area contributed by atoms with Crippen LogP contribution in [0.2, 0.25) is 0 Å². The van der Waals surface area contributed by atoms with E-state index in [1.165, 1.54) is 12.8 Å². The molecule has 1 aliphatic carbocycles. The van der Waals surface area contributed by atoms with Gasteiger partial charge in [0, 0.05) is 26.1 Å². The van der Waals surface area contributed by atoms with Crippen molar-refractivity contribution in [3.63, 3.8) is 0 Å². The van der Waals surface area contributed by atoms with Crippen molar-refractivity contribution in [1.82, 2.24) is 9.62 Å². The third-order valence-corrected chi connectivity index (χ3v) is 6.48. The molecule has 2 aliphatic rings. The second kappa shape index (κ2) is 7.66. The number of carbonyl (C=O) groups excluding carboxylic acids is 1. The molecular weight excluding hydrogens is 324 g/mol. The summed E-state index contributed by atoms with van der Waals surface area (Å²) in [6, 6.07) is 8.44. The number of rotatable bonds is 7. The summed E-state index contributed by atoms with van der Waals surface area (Å²) in [7, 11) is -3.43. The van der Waals surface area contributed by atoms with E-state index in [4.69, 9.17) is 0 Å². The van der Waals surface area contributed by atoms with E-state index in [1.54, 1.807) is 30.3 Å². The van der Waals surface area contributed by atoms with E-state index in [2.05, 4.69) is 4.72 Å². The first-order valence-electron chi connectivity index (χ1n) is 8.87. The van der Waals surface area contributed by atoms with Crippen molar-refractivity contribution in [2.24, 2.45) is 11.8 Å². The van der Waals surface area contributed by atoms with Gasteiger partial charge in [0.15, 0.2) is 0 Å². The second-order valence-corrected chi connectivity index (χ2v) is 8.74. The third kappa shape index (κ3) is 4.80. The maximum atomic E-state index is 12.2. The van der Waals surface area contributed by atoms with Gasteiger partial charge in [-0.3, -0.25) is 4.79 Å². The summed E-state index contributed by atoms with van der Waals surface area (Å²) in [5.41, 5.74) is 0. The molecule has 5 nitrogen and oxygen atoms in total. The van der Waals surface area contributed by atoms with Crippen LogP contribution in [0.4, 0.5) is 0 Å². The van der Waals surface area contributed by atoms with Crippen molar-refractivity contribution >= 4 is 15.9 Å². The van der Waals surface area contributed by atoms with Gasteiger partial charge in [-0.05, 0) is 56.1 Å². The third-order valence-electron chi connectivity index (χ3n) is 5.00. The molecular formula is C18H26N2O3S. The van der Waals surface area contributed by atoms with Crippen LogP contribution >= 0.6 is 0 Å².